The van der Waals surface area contributed by atoms with E-state index in [1.807, 2.05) is 0 Å². The first-order valence-corrected chi connectivity index (χ1v) is 5.37. The SMILES string of the molecule is Fc1ccc(-c2cnn3cccnc23)cc1Cl. The third-order valence-electron chi connectivity index (χ3n) is 2.51. The number of benzene rings is 1. The van der Waals surface area contributed by atoms with Crippen molar-refractivity contribution in [1.29, 1.82) is 0 Å². The van der Waals surface area contributed by atoms with Gasteiger partial charge in [-0.25, -0.2) is 13.9 Å². The first-order valence-electron chi connectivity index (χ1n) is 4.99. The Morgan fingerprint density at radius 3 is 3.00 bits per heavy atom. The summed E-state index contributed by atoms with van der Waals surface area (Å²) in [5, 5.41) is 4.26. The van der Waals surface area contributed by atoms with E-state index in [-0.39, 0.29) is 5.02 Å². The predicted molar refractivity (Wildman–Crippen MR) is 63.4 cm³/mol. The van der Waals surface area contributed by atoms with Crippen LogP contribution in [0.1, 0.15) is 0 Å². The van der Waals surface area contributed by atoms with Crippen molar-refractivity contribution in [3.63, 3.8) is 0 Å². The van der Waals surface area contributed by atoms with Crippen LogP contribution in [0.4, 0.5) is 4.39 Å². The van der Waals surface area contributed by atoms with Gasteiger partial charge in [-0.3, -0.25) is 0 Å². The number of aromatic nitrogens is 3. The number of hydrogen-bond acceptors (Lipinski definition) is 2. The lowest BCUT2D eigenvalue weighted by Gasteiger charge is -2.00. The molecule has 0 N–H and O–H groups in total. The lowest BCUT2D eigenvalue weighted by atomic mass is 10.1. The number of fused-ring (bicyclic) bond motifs is 1. The zero-order valence-corrected chi connectivity index (χ0v) is 9.39. The lowest BCUT2D eigenvalue weighted by Crippen LogP contribution is -1.88. The van der Waals surface area contributed by atoms with Crippen molar-refractivity contribution < 1.29 is 4.39 Å². The largest absolute Gasteiger partial charge is 0.236 e. The maximum absolute atomic E-state index is 13.1. The van der Waals surface area contributed by atoms with E-state index in [0.29, 0.717) is 0 Å². The minimum atomic E-state index is -0.431. The van der Waals surface area contributed by atoms with Gasteiger partial charge in [-0.2, -0.15) is 5.10 Å². The van der Waals surface area contributed by atoms with E-state index in [1.165, 1.54) is 6.07 Å². The van der Waals surface area contributed by atoms with E-state index in [0.717, 1.165) is 16.8 Å². The molecule has 0 spiro atoms. The van der Waals surface area contributed by atoms with Gasteiger partial charge in [-0.15, -0.1) is 0 Å². The molecule has 0 radical (unpaired) electrons. The Kier molecular flexibility index (Phi) is 2.30. The molecule has 0 saturated heterocycles. The summed E-state index contributed by atoms with van der Waals surface area (Å²) in [5.41, 5.74) is 2.34. The number of rotatable bonds is 1. The first kappa shape index (κ1) is 10.2. The monoisotopic (exact) mass is 247 g/mol. The van der Waals surface area contributed by atoms with Gasteiger partial charge in [0, 0.05) is 18.0 Å². The molecule has 0 aliphatic heterocycles. The topological polar surface area (TPSA) is 30.2 Å². The van der Waals surface area contributed by atoms with Crippen molar-refractivity contribution in [2.75, 3.05) is 0 Å². The number of halogens is 2. The zero-order valence-electron chi connectivity index (χ0n) is 8.64. The summed E-state index contributed by atoms with van der Waals surface area (Å²) in [7, 11) is 0. The molecule has 0 aliphatic carbocycles. The highest BCUT2D eigenvalue weighted by Crippen LogP contribution is 2.26. The van der Waals surface area contributed by atoms with Gasteiger partial charge in [0.25, 0.3) is 0 Å². The molecule has 0 atom stereocenters. The molecule has 84 valence electrons. The standard InChI is InChI=1S/C12H7ClFN3/c13-10-6-8(2-3-11(10)14)9-7-16-17-5-1-4-15-12(9)17/h1-7H. The predicted octanol–water partition coefficient (Wildman–Crippen LogP) is 3.19. The lowest BCUT2D eigenvalue weighted by molar-refractivity contribution is 0.628. The van der Waals surface area contributed by atoms with E-state index in [2.05, 4.69) is 10.1 Å². The van der Waals surface area contributed by atoms with E-state index in [1.54, 1.807) is 41.3 Å². The fourth-order valence-electron chi connectivity index (χ4n) is 1.69. The number of nitrogens with zero attached hydrogens (tertiary/aromatic N) is 3. The molecule has 5 heteroatoms. The molecular weight excluding hydrogens is 241 g/mol. The third kappa shape index (κ3) is 1.66. The summed E-state index contributed by atoms with van der Waals surface area (Å²) >= 11 is 5.76. The zero-order chi connectivity index (χ0) is 11.8. The van der Waals surface area contributed by atoms with Crippen LogP contribution < -0.4 is 0 Å². The average Bonchev–Trinajstić information content (AvgIpc) is 2.76. The van der Waals surface area contributed by atoms with Gasteiger partial charge in [0.05, 0.1) is 11.2 Å². The Morgan fingerprint density at radius 1 is 1.29 bits per heavy atom. The van der Waals surface area contributed by atoms with Crippen LogP contribution in [0.5, 0.6) is 0 Å². The van der Waals surface area contributed by atoms with Crippen LogP contribution in [0.3, 0.4) is 0 Å². The molecule has 3 aromatic rings. The van der Waals surface area contributed by atoms with Crippen LogP contribution in [0.15, 0.2) is 42.9 Å². The van der Waals surface area contributed by atoms with Gasteiger partial charge in [0.2, 0.25) is 0 Å². The highest BCUT2D eigenvalue weighted by molar-refractivity contribution is 6.31. The second-order valence-corrected chi connectivity index (χ2v) is 3.98. The van der Waals surface area contributed by atoms with E-state index in [4.69, 9.17) is 11.6 Å². The Balaban J connectivity index is 2.24. The van der Waals surface area contributed by atoms with Gasteiger partial charge in [-0.1, -0.05) is 17.7 Å². The summed E-state index contributed by atoms with van der Waals surface area (Å²) in [4.78, 5) is 4.23. The second-order valence-electron chi connectivity index (χ2n) is 3.58. The van der Waals surface area contributed by atoms with Crippen molar-refractivity contribution >= 4 is 17.2 Å². The second kappa shape index (κ2) is 3.82. The molecule has 0 amide bonds. The van der Waals surface area contributed by atoms with E-state index < -0.39 is 5.82 Å². The highest BCUT2D eigenvalue weighted by atomic mass is 35.5. The quantitative estimate of drug-likeness (QED) is 0.661. The fourth-order valence-corrected chi connectivity index (χ4v) is 1.88. The Hall–Kier alpha value is -1.94. The van der Waals surface area contributed by atoms with Crippen LogP contribution >= 0.6 is 11.6 Å². The van der Waals surface area contributed by atoms with Crippen LogP contribution in [-0.2, 0) is 0 Å². The molecule has 0 fully saturated rings. The number of hydrogen-bond donors (Lipinski definition) is 0. The summed E-state index contributed by atoms with van der Waals surface area (Å²) in [5.74, 6) is -0.431. The Labute approximate surface area is 101 Å². The van der Waals surface area contributed by atoms with Crippen molar-refractivity contribution in [3.8, 4) is 11.1 Å². The van der Waals surface area contributed by atoms with Crippen molar-refractivity contribution in [1.82, 2.24) is 14.6 Å². The van der Waals surface area contributed by atoms with Crippen molar-refractivity contribution in [2.45, 2.75) is 0 Å². The van der Waals surface area contributed by atoms with Crippen LogP contribution in [0.2, 0.25) is 5.02 Å². The van der Waals surface area contributed by atoms with Gasteiger partial charge >= 0.3 is 0 Å². The normalized spacial score (nSPS) is 10.9. The molecule has 2 heterocycles. The molecule has 0 bridgehead atoms. The van der Waals surface area contributed by atoms with Crippen LogP contribution in [0.25, 0.3) is 16.8 Å². The molecule has 0 saturated carbocycles. The fraction of sp³-hybridized carbons (Fsp3) is 0. The van der Waals surface area contributed by atoms with Crippen molar-refractivity contribution in [3.05, 3.63) is 53.7 Å². The Morgan fingerprint density at radius 2 is 2.18 bits per heavy atom. The van der Waals surface area contributed by atoms with Crippen LogP contribution in [0, 0.1) is 5.82 Å². The van der Waals surface area contributed by atoms with Gasteiger partial charge in [-0.05, 0) is 23.8 Å². The maximum atomic E-state index is 13.1. The van der Waals surface area contributed by atoms with E-state index >= 15 is 0 Å². The molecule has 0 aliphatic rings. The maximum Gasteiger partial charge on any atom is 0.162 e. The molecule has 3 nitrogen and oxygen atoms in total. The molecule has 0 unspecified atom stereocenters. The summed E-state index contributed by atoms with van der Waals surface area (Å²) in [6, 6.07) is 6.36. The summed E-state index contributed by atoms with van der Waals surface area (Å²) in [6.07, 6.45) is 5.18. The minimum Gasteiger partial charge on any atom is -0.236 e. The van der Waals surface area contributed by atoms with E-state index in [9.17, 15) is 4.39 Å². The molecule has 1 aromatic carbocycles. The average molecular weight is 248 g/mol. The van der Waals surface area contributed by atoms with Crippen LogP contribution in [-0.4, -0.2) is 14.6 Å². The minimum absolute atomic E-state index is 0.0952. The molecule has 2 aromatic heterocycles. The smallest absolute Gasteiger partial charge is 0.162 e. The molecule has 17 heavy (non-hydrogen) atoms. The molecule has 3 rings (SSSR count). The first-order chi connectivity index (χ1) is 8.25. The summed E-state index contributed by atoms with van der Waals surface area (Å²) in [6.45, 7) is 0. The highest BCUT2D eigenvalue weighted by Gasteiger charge is 2.09. The van der Waals surface area contributed by atoms with Gasteiger partial charge in [0.1, 0.15) is 5.82 Å². The molecular formula is C12H7ClFN3. The summed E-state index contributed by atoms with van der Waals surface area (Å²) < 4.78 is 14.7. The Bertz CT molecular complexity index is 693. The van der Waals surface area contributed by atoms with Crippen molar-refractivity contribution in [2.24, 2.45) is 0 Å². The van der Waals surface area contributed by atoms with Gasteiger partial charge in [0.15, 0.2) is 5.65 Å². The van der Waals surface area contributed by atoms with Gasteiger partial charge < -0.3 is 0 Å². The third-order valence-corrected chi connectivity index (χ3v) is 2.80.